The fraction of sp³-hybridized carbons (Fsp3) is 0. The molecule has 4 heteroatoms. The van der Waals surface area contributed by atoms with Crippen molar-refractivity contribution in [1.82, 2.24) is 0 Å². The minimum absolute atomic E-state index is 0.0332. The third kappa shape index (κ3) is 1.04. The summed E-state index contributed by atoms with van der Waals surface area (Å²) >= 11 is 3.90. The third-order valence-corrected chi connectivity index (χ3v) is 1.41. The molecule has 10 heavy (non-hydrogen) atoms. The Hall–Kier alpha value is -1.21. The first-order chi connectivity index (χ1) is 4.75. The number of nitrogens with zero attached hydrogens (tertiary/aromatic N) is 2. The summed E-state index contributed by atoms with van der Waals surface area (Å²) in [5.41, 5.74) is 0.0332. The number of hydrogen-bond acceptors (Lipinski definition) is 3. The smallest absolute Gasteiger partial charge is 0.308 e. The number of aromatic nitrogens is 1. The van der Waals surface area contributed by atoms with Crippen LogP contribution >= 0.6 is 12.6 Å². The number of nitriles is 1. The van der Waals surface area contributed by atoms with E-state index in [0.29, 0.717) is 9.63 Å². The maximum Gasteiger partial charge on any atom is 0.308 e. The van der Waals surface area contributed by atoms with E-state index in [1.54, 1.807) is 12.1 Å². The van der Waals surface area contributed by atoms with E-state index >= 15 is 0 Å². The topological polar surface area (TPSA) is 50.7 Å². The lowest BCUT2D eigenvalue weighted by Crippen LogP contribution is -2.29. The molecule has 0 unspecified atom stereocenters. The van der Waals surface area contributed by atoms with Crippen LogP contribution in [0.5, 0.6) is 0 Å². The average Bonchev–Trinajstić information content (AvgIpc) is 1.88. The highest BCUT2D eigenvalue weighted by Gasteiger charge is 2.05. The van der Waals surface area contributed by atoms with Crippen LogP contribution in [-0.4, -0.2) is 0 Å². The maximum atomic E-state index is 10.7. The van der Waals surface area contributed by atoms with E-state index in [1.807, 2.05) is 0 Å². The predicted molar refractivity (Wildman–Crippen MR) is 37.4 cm³/mol. The van der Waals surface area contributed by atoms with Crippen LogP contribution in [0.4, 0.5) is 0 Å². The molecule has 1 heterocycles. The Balaban J connectivity index is 3.34. The van der Waals surface area contributed by atoms with Crippen LogP contribution in [0.1, 0.15) is 5.69 Å². The van der Waals surface area contributed by atoms with Gasteiger partial charge in [-0.05, 0) is 6.07 Å². The number of pyridine rings is 1. The molecule has 0 amide bonds. The SMILES string of the molecule is N#Cc1c(S)ccc[n+]1[O-]. The maximum absolute atomic E-state index is 10.7. The molecule has 3 nitrogen and oxygen atoms in total. The van der Waals surface area contributed by atoms with Crippen molar-refractivity contribution < 1.29 is 4.73 Å². The molecule has 0 saturated heterocycles. The molecular formula is C6H4N2OS. The van der Waals surface area contributed by atoms with Gasteiger partial charge in [0.05, 0.1) is 4.90 Å². The Morgan fingerprint density at radius 1 is 1.70 bits per heavy atom. The van der Waals surface area contributed by atoms with Crippen LogP contribution in [0.15, 0.2) is 23.2 Å². The molecule has 1 aromatic rings. The lowest BCUT2D eigenvalue weighted by molar-refractivity contribution is -0.610. The molecule has 0 bridgehead atoms. The third-order valence-electron chi connectivity index (χ3n) is 1.04. The van der Waals surface area contributed by atoms with Gasteiger partial charge in [0.25, 0.3) is 0 Å². The molecule has 0 N–H and O–H groups in total. The van der Waals surface area contributed by atoms with Crippen LogP contribution < -0.4 is 4.73 Å². The van der Waals surface area contributed by atoms with Gasteiger partial charge in [0.1, 0.15) is 0 Å². The van der Waals surface area contributed by atoms with E-state index in [2.05, 4.69) is 12.6 Å². The summed E-state index contributed by atoms with van der Waals surface area (Å²) in [6.45, 7) is 0. The Kier molecular flexibility index (Phi) is 1.78. The van der Waals surface area contributed by atoms with Gasteiger partial charge in [0, 0.05) is 6.07 Å². The monoisotopic (exact) mass is 152 g/mol. The first kappa shape index (κ1) is 6.90. The van der Waals surface area contributed by atoms with E-state index in [0.717, 1.165) is 0 Å². The minimum atomic E-state index is 0.0332. The Morgan fingerprint density at radius 3 is 2.80 bits per heavy atom. The fourth-order valence-electron chi connectivity index (χ4n) is 0.585. The lowest BCUT2D eigenvalue weighted by atomic mass is 10.4. The van der Waals surface area contributed by atoms with Gasteiger partial charge in [-0.25, -0.2) is 0 Å². The Bertz CT molecular complexity index is 272. The fourth-order valence-corrected chi connectivity index (χ4v) is 0.820. The molecule has 50 valence electrons. The molecule has 0 aliphatic rings. The minimum Gasteiger partial charge on any atom is -0.618 e. The number of hydrogen-bond donors (Lipinski definition) is 1. The van der Waals surface area contributed by atoms with E-state index in [1.165, 1.54) is 12.3 Å². The van der Waals surface area contributed by atoms with Gasteiger partial charge in [0.2, 0.25) is 0 Å². The van der Waals surface area contributed by atoms with Crippen molar-refractivity contribution in [1.29, 1.82) is 5.26 Å². The highest BCUT2D eigenvalue weighted by atomic mass is 32.1. The molecule has 0 atom stereocenters. The highest BCUT2D eigenvalue weighted by Crippen LogP contribution is 2.05. The first-order valence-corrected chi connectivity index (χ1v) is 3.01. The summed E-state index contributed by atoms with van der Waals surface area (Å²) in [5.74, 6) is 0. The van der Waals surface area contributed by atoms with Gasteiger partial charge < -0.3 is 5.21 Å². The quantitative estimate of drug-likeness (QED) is 0.334. The normalized spacial score (nSPS) is 8.80. The van der Waals surface area contributed by atoms with Gasteiger partial charge in [-0.15, -0.1) is 12.6 Å². The van der Waals surface area contributed by atoms with Gasteiger partial charge in [0.15, 0.2) is 12.3 Å². The second kappa shape index (κ2) is 2.58. The van der Waals surface area contributed by atoms with E-state index < -0.39 is 0 Å². The first-order valence-electron chi connectivity index (χ1n) is 2.57. The Morgan fingerprint density at radius 2 is 2.40 bits per heavy atom. The summed E-state index contributed by atoms with van der Waals surface area (Å²) in [7, 11) is 0. The second-order valence-electron chi connectivity index (χ2n) is 1.68. The van der Waals surface area contributed by atoms with Crippen molar-refractivity contribution in [3.05, 3.63) is 29.2 Å². The predicted octanol–water partition coefficient (Wildman–Crippen LogP) is 0.480. The molecule has 0 spiro atoms. The van der Waals surface area contributed by atoms with Gasteiger partial charge in [-0.3, -0.25) is 0 Å². The molecule has 0 fully saturated rings. The zero-order valence-corrected chi connectivity index (χ0v) is 5.88. The zero-order chi connectivity index (χ0) is 7.56. The van der Waals surface area contributed by atoms with Crippen molar-refractivity contribution in [2.24, 2.45) is 0 Å². The van der Waals surface area contributed by atoms with E-state index in [9.17, 15) is 5.21 Å². The standard InChI is InChI=1S/C6H4N2OS/c7-4-5-6(10)2-1-3-8(5)9/h1-3,10H. The summed E-state index contributed by atoms with van der Waals surface area (Å²) in [6, 6.07) is 4.87. The van der Waals surface area contributed by atoms with Gasteiger partial charge in [-0.1, -0.05) is 0 Å². The molecule has 0 aromatic carbocycles. The van der Waals surface area contributed by atoms with E-state index in [-0.39, 0.29) is 5.69 Å². The molecule has 0 aliphatic heterocycles. The summed E-state index contributed by atoms with van der Waals surface area (Å²) in [4.78, 5) is 0.403. The summed E-state index contributed by atoms with van der Waals surface area (Å²) < 4.78 is 0.488. The molecule has 0 radical (unpaired) electrons. The van der Waals surface area contributed by atoms with Crippen LogP contribution in [0, 0.1) is 16.5 Å². The molecular weight excluding hydrogens is 148 g/mol. The Labute approximate surface area is 63.5 Å². The summed E-state index contributed by atoms with van der Waals surface area (Å²) in [5, 5.41) is 19.1. The van der Waals surface area contributed by atoms with Crippen molar-refractivity contribution in [3.63, 3.8) is 0 Å². The van der Waals surface area contributed by atoms with Crippen molar-refractivity contribution in [2.75, 3.05) is 0 Å². The number of rotatable bonds is 0. The largest absolute Gasteiger partial charge is 0.618 e. The summed E-state index contributed by atoms with van der Waals surface area (Å²) in [6.07, 6.45) is 1.26. The molecule has 1 rings (SSSR count). The highest BCUT2D eigenvalue weighted by molar-refractivity contribution is 7.80. The van der Waals surface area contributed by atoms with Crippen LogP contribution in [0.25, 0.3) is 0 Å². The molecule has 0 saturated carbocycles. The molecule has 0 aliphatic carbocycles. The average molecular weight is 152 g/mol. The van der Waals surface area contributed by atoms with Crippen molar-refractivity contribution in [3.8, 4) is 6.07 Å². The second-order valence-corrected chi connectivity index (χ2v) is 2.16. The van der Waals surface area contributed by atoms with Crippen molar-refractivity contribution >= 4 is 12.6 Å². The van der Waals surface area contributed by atoms with Crippen LogP contribution in [-0.2, 0) is 0 Å². The van der Waals surface area contributed by atoms with E-state index in [4.69, 9.17) is 5.26 Å². The van der Waals surface area contributed by atoms with Gasteiger partial charge in [-0.2, -0.15) is 9.99 Å². The van der Waals surface area contributed by atoms with Gasteiger partial charge >= 0.3 is 5.69 Å². The molecule has 1 aromatic heterocycles. The number of thiol groups is 1. The lowest BCUT2D eigenvalue weighted by Gasteiger charge is -1.97. The zero-order valence-electron chi connectivity index (χ0n) is 4.98. The van der Waals surface area contributed by atoms with Crippen LogP contribution in [0.3, 0.4) is 0 Å². The van der Waals surface area contributed by atoms with Crippen molar-refractivity contribution in [2.45, 2.75) is 4.90 Å². The van der Waals surface area contributed by atoms with Crippen LogP contribution in [0.2, 0.25) is 0 Å².